The minimum Gasteiger partial charge on any atom is -0.325 e. The minimum atomic E-state index is -0.769. The lowest BCUT2D eigenvalue weighted by atomic mass is 9.98. The Morgan fingerprint density at radius 1 is 1.24 bits per heavy atom. The summed E-state index contributed by atoms with van der Waals surface area (Å²) in [5.74, 6) is -0.162. The number of anilines is 1. The van der Waals surface area contributed by atoms with Gasteiger partial charge in [-0.15, -0.1) is 0 Å². The van der Waals surface area contributed by atoms with Gasteiger partial charge in [-0.25, -0.2) is 4.79 Å². The number of nitrogens with one attached hydrogen (secondary N) is 2. The Hall–Kier alpha value is -2.37. The van der Waals surface area contributed by atoms with Gasteiger partial charge in [-0.3, -0.25) is 14.5 Å². The third-order valence-electron chi connectivity index (χ3n) is 5.38. The van der Waals surface area contributed by atoms with Gasteiger partial charge in [0.1, 0.15) is 12.1 Å². The van der Waals surface area contributed by atoms with Crippen molar-refractivity contribution in [2.75, 3.05) is 11.9 Å². The van der Waals surface area contributed by atoms with Gasteiger partial charge >= 0.3 is 6.03 Å². The van der Waals surface area contributed by atoms with Crippen LogP contribution in [0.15, 0.2) is 24.3 Å². The maximum Gasteiger partial charge on any atom is 0.325 e. The fourth-order valence-corrected chi connectivity index (χ4v) is 3.61. The van der Waals surface area contributed by atoms with Crippen LogP contribution in [0.2, 0.25) is 0 Å². The molecule has 6 heteroatoms. The largest absolute Gasteiger partial charge is 0.325 e. The topological polar surface area (TPSA) is 78.5 Å². The second-order valence-electron chi connectivity index (χ2n) is 7.09. The third kappa shape index (κ3) is 3.38. The number of nitrogens with zero attached hydrogens (tertiary/aromatic N) is 1. The number of amides is 4. The molecule has 1 atom stereocenters. The lowest BCUT2D eigenvalue weighted by molar-refractivity contribution is -0.133. The molecule has 2 aliphatic rings. The molecule has 1 aromatic rings. The molecule has 0 bridgehead atoms. The van der Waals surface area contributed by atoms with Gasteiger partial charge < -0.3 is 10.6 Å². The highest BCUT2D eigenvalue weighted by atomic mass is 16.2. The van der Waals surface area contributed by atoms with Gasteiger partial charge in [0.25, 0.3) is 5.91 Å². The number of benzene rings is 1. The maximum absolute atomic E-state index is 12.5. The molecule has 1 aliphatic heterocycles. The van der Waals surface area contributed by atoms with Gasteiger partial charge in [0.2, 0.25) is 5.91 Å². The Morgan fingerprint density at radius 3 is 2.48 bits per heavy atom. The van der Waals surface area contributed by atoms with Crippen molar-refractivity contribution in [1.82, 2.24) is 10.2 Å². The molecule has 0 unspecified atom stereocenters. The van der Waals surface area contributed by atoms with Crippen LogP contribution < -0.4 is 10.6 Å². The van der Waals surface area contributed by atoms with Gasteiger partial charge in [0.15, 0.2) is 0 Å². The van der Waals surface area contributed by atoms with Crippen molar-refractivity contribution < 1.29 is 14.4 Å². The summed E-state index contributed by atoms with van der Waals surface area (Å²) in [5.41, 5.74) is 1.12. The van der Waals surface area contributed by atoms with E-state index in [0.717, 1.165) is 24.2 Å². The van der Waals surface area contributed by atoms with E-state index in [9.17, 15) is 14.4 Å². The predicted molar refractivity (Wildman–Crippen MR) is 95.2 cm³/mol. The molecule has 3 rings (SSSR count). The second-order valence-corrected chi connectivity index (χ2v) is 7.09. The SMILES string of the molecule is CC[C@@H](C)c1ccc(NC(=O)CN2C(=O)NC3(CCCC3)C2=O)cc1. The summed E-state index contributed by atoms with van der Waals surface area (Å²) >= 11 is 0. The lowest BCUT2D eigenvalue weighted by Crippen LogP contribution is -2.44. The van der Waals surface area contributed by atoms with Crippen LogP contribution in [-0.4, -0.2) is 34.8 Å². The monoisotopic (exact) mass is 343 g/mol. The Labute approximate surface area is 148 Å². The molecule has 4 amide bonds. The summed E-state index contributed by atoms with van der Waals surface area (Å²) in [7, 11) is 0. The van der Waals surface area contributed by atoms with E-state index < -0.39 is 11.6 Å². The lowest BCUT2D eigenvalue weighted by Gasteiger charge is -2.19. The van der Waals surface area contributed by atoms with Crippen molar-refractivity contribution in [3.63, 3.8) is 0 Å². The van der Waals surface area contributed by atoms with Crippen LogP contribution in [0.4, 0.5) is 10.5 Å². The number of urea groups is 1. The zero-order valence-electron chi connectivity index (χ0n) is 14.8. The van der Waals surface area contributed by atoms with E-state index in [-0.39, 0.29) is 18.4 Å². The van der Waals surface area contributed by atoms with Gasteiger partial charge in [-0.1, -0.05) is 38.8 Å². The molecular formula is C19H25N3O3. The smallest absolute Gasteiger partial charge is 0.325 e. The first-order valence-corrected chi connectivity index (χ1v) is 8.99. The summed E-state index contributed by atoms with van der Waals surface area (Å²) in [6.45, 7) is 4.04. The summed E-state index contributed by atoms with van der Waals surface area (Å²) < 4.78 is 0. The molecular weight excluding hydrogens is 318 g/mol. The average Bonchev–Trinajstić information content (AvgIpc) is 3.16. The van der Waals surface area contributed by atoms with E-state index in [1.165, 1.54) is 5.56 Å². The Morgan fingerprint density at radius 2 is 1.88 bits per heavy atom. The first-order chi connectivity index (χ1) is 11.9. The van der Waals surface area contributed by atoms with Crippen molar-refractivity contribution in [3.05, 3.63) is 29.8 Å². The number of carbonyl (C=O) groups excluding carboxylic acids is 3. The summed E-state index contributed by atoms with van der Waals surface area (Å²) in [6.07, 6.45) is 4.22. The molecule has 1 spiro atoms. The van der Waals surface area contributed by atoms with Gasteiger partial charge in [0.05, 0.1) is 0 Å². The molecule has 6 nitrogen and oxygen atoms in total. The maximum atomic E-state index is 12.5. The first-order valence-electron chi connectivity index (χ1n) is 8.99. The van der Waals surface area contributed by atoms with E-state index in [4.69, 9.17) is 0 Å². The molecule has 1 saturated carbocycles. The van der Waals surface area contributed by atoms with E-state index in [0.29, 0.717) is 24.4 Å². The second kappa shape index (κ2) is 6.86. The summed E-state index contributed by atoms with van der Waals surface area (Å²) in [6, 6.07) is 7.22. The number of hydrogen-bond acceptors (Lipinski definition) is 3. The van der Waals surface area contributed by atoms with E-state index in [1.54, 1.807) is 0 Å². The number of hydrogen-bond donors (Lipinski definition) is 2. The van der Waals surface area contributed by atoms with E-state index >= 15 is 0 Å². The van der Waals surface area contributed by atoms with Gasteiger partial charge in [-0.2, -0.15) is 0 Å². The number of carbonyl (C=O) groups is 3. The van der Waals surface area contributed by atoms with Crippen molar-refractivity contribution in [1.29, 1.82) is 0 Å². The van der Waals surface area contributed by atoms with E-state index in [1.807, 2.05) is 24.3 Å². The Balaban J connectivity index is 1.61. The molecule has 0 aromatic heterocycles. The summed E-state index contributed by atoms with van der Waals surface area (Å²) in [4.78, 5) is 37.9. The van der Waals surface area contributed by atoms with Crippen LogP contribution in [-0.2, 0) is 9.59 Å². The zero-order chi connectivity index (χ0) is 18.0. The fraction of sp³-hybridized carbons (Fsp3) is 0.526. The molecule has 0 radical (unpaired) electrons. The highest BCUT2D eigenvalue weighted by Gasteiger charge is 2.52. The third-order valence-corrected chi connectivity index (χ3v) is 5.38. The zero-order valence-corrected chi connectivity index (χ0v) is 14.8. The number of imide groups is 1. The van der Waals surface area contributed by atoms with Crippen LogP contribution in [0, 0.1) is 0 Å². The van der Waals surface area contributed by atoms with Crippen LogP contribution in [0.3, 0.4) is 0 Å². The minimum absolute atomic E-state index is 0.250. The van der Waals surface area contributed by atoms with Crippen molar-refractivity contribution in [3.8, 4) is 0 Å². The van der Waals surface area contributed by atoms with Crippen molar-refractivity contribution >= 4 is 23.5 Å². The van der Waals surface area contributed by atoms with Crippen LogP contribution in [0.1, 0.15) is 57.4 Å². The van der Waals surface area contributed by atoms with Crippen LogP contribution >= 0.6 is 0 Å². The molecule has 2 N–H and O–H groups in total. The van der Waals surface area contributed by atoms with Crippen molar-refractivity contribution in [2.45, 2.75) is 57.4 Å². The average molecular weight is 343 g/mol. The first kappa shape index (κ1) is 17.5. The van der Waals surface area contributed by atoms with E-state index in [2.05, 4.69) is 24.5 Å². The van der Waals surface area contributed by atoms with Gasteiger partial charge in [0, 0.05) is 5.69 Å². The molecule has 134 valence electrons. The summed E-state index contributed by atoms with van der Waals surface area (Å²) in [5, 5.41) is 5.54. The normalized spacial score (nSPS) is 20.0. The van der Waals surface area contributed by atoms with Crippen LogP contribution in [0.5, 0.6) is 0 Å². The predicted octanol–water partition coefficient (Wildman–Crippen LogP) is 3.00. The quantitative estimate of drug-likeness (QED) is 0.807. The molecule has 2 fully saturated rings. The molecule has 1 saturated heterocycles. The Bertz CT molecular complexity index is 678. The van der Waals surface area contributed by atoms with Crippen LogP contribution in [0.25, 0.3) is 0 Å². The highest BCUT2D eigenvalue weighted by molar-refractivity contribution is 6.10. The molecule has 1 heterocycles. The standard InChI is InChI=1S/C19H25N3O3/c1-3-13(2)14-6-8-15(9-7-14)20-16(23)12-22-17(24)19(21-18(22)25)10-4-5-11-19/h6-9,13H,3-5,10-12H2,1-2H3,(H,20,23)(H,21,25)/t13-/m1/s1. The molecule has 1 aliphatic carbocycles. The molecule has 25 heavy (non-hydrogen) atoms. The number of rotatable bonds is 5. The fourth-order valence-electron chi connectivity index (χ4n) is 3.61. The Kier molecular flexibility index (Phi) is 4.79. The molecule has 1 aromatic carbocycles. The van der Waals surface area contributed by atoms with Crippen molar-refractivity contribution in [2.24, 2.45) is 0 Å². The highest BCUT2D eigenvalue weighted by Crippen LogP contribution is 2.34. The van der Waals surface area contributed by atoms with Gasteiger partial charge in [-0.05, 0) is 42.9 Å².